The fourth-order valence-electron chi connectivity index (χ4n) is 1.68. The van der Waals surface area contributed by atoms with Gasteiger partial charge in [-0.05, 0) is 12.1 Å². The summed E-state index contributed by atoms with van der Waals surface area (Å²) in [5, 5.41) is 2.83. The minimum atomic E-state index is 0.0428. The molecule has 0 atom stereocenters. The van der Waals surface area contributed by atoms with Gasteiger partial charge in [-0.25, -0.2) is 0 Å². The van der Waals surface area contributed by atoms with Gasteiger partial charge in [0.05, 0.1) is 17.1 Å². The van der Waals surface area contributed by atoms with Crippen LogP contribution >= 0.6 is 0 Å². The predicted molar refractivity (Wildman–Crippen MR) is 57.4 cm³/mol. The van der Waals surface area contributed by atoms with E-state index in [1.54, 1.807) is 0 Å². The Labute approximate surface area is 82.7 Å². The Morgan fingerprint density at radius 3 is 3.07 bits per heavy atom. The van der Waals surface area contributed by atoms with E-state index in [4.69, 9.17) is 5.73 Å². The zero-order valence-electron chi connectivity index (χ0n) is 8.08. The Hall–Kier alpha value is -1.71. The summed E-state index contributed by atoms with van der Waals surface area (Å²) in [5.74, 6) is 0.0428. The highest BCUT2D eigenvalue weighted by Crippen LogP contribution is 2.33. The molecule has 0 spiro atoms. The van der Waals surface area contributed by atoms with Crippen LogP contribution < -0.4 is 16.0 Å². The zero-order chi connectivity index (χ0) is 10.1. The van der Waals surface area contributed by atoms with Crippen molar-refractivity contribution >= 4 is 23.0 Å². The summed E-state index contributed by atoms with van der Waals surface area (Å²) < 4.78 is 0. The Balaban J connectivity index is 2.52. The van der Waals surface area contributed by atoms with Crippen LogP contribution in [-0.2, 0) is 4.79 Å². The molecule has 0 aliphatic carbocycles. The fraction of sp³-hybridized carbons (Fsp3) is 0.300. The van der Waals surface area contributed by atoms with Crippen LogP contribution in [-0.4, -0.2) is 19.5 Å². The topological polar surface area (TPSA) is 58.4 Å². The van der Waals surface area contributed by atoms with E-state index in [1.807, 2.05) is 30.1 Å². The molecule has 1 aromatic rings. The fourth-order valence-corrected chi connectivity index (χ4v) is 1.68. The van der Waals surface area contributed by atoms with Crippen molar-refractivity contribution in [1.82, 2.24) is 0 Å². The van der Waals surface area contributed by atoms with Crippen molar-refractivity contribution in [1.29, 1.82) is 0 Å². The van der Waals surface area contributed by atoms with E-state index >= 15 is 0 Å². The number of amides is 1. The van der Waals surface area contributed by atoms with Crippen LogP contribution in [0.1, 0.15) is 6.42 Å². The molecule has 1 aromatic carbocycles. The number of para-hydroxylation sites is 1. The molecule has 0 radical (unpaired) electrons. The highest BCUT2D eigenvalue weighted by atomic mass is 16.1. The van der Waals surface area contributed by atoms with Crippen LogP contribution in [0.5, 0.6) is 0 Å². The number of hydrogen-bond donors (Lipinski definition) is 2. The van der Waals surface area contributed by atoms with Crippen LogP contribution in [0, 0.1) is 0 Å². The Bertz CT molecular complexity index is 376. The summed E-state index contributed by atoms with van der Waals surface area (Å²) in [6.07, 6.45) is 0.505. The van der Waals surface area contributed by atoms with Crippen molar-refractivity contribution in [3.05, 3.63) is 18.2 Å². The number of benzene rings is 1. The van der Waals surface area contributed by atoms with E-state index in [9.17, 15) is 4.79 Å². The Morgan fingerprint density at radius 1 is 1.50 bits per heavy atom. The second-order valence-corrected chi connectivity index (χ2v) is 3.46. The molecule has 4 heteroatoms. The van der Waals surface area contributed by atoms with Gasteiger partial charge in [0.1, 0.15) is 0 Å². The lowest BCUT2D eigenvalue weighted by Crippen LogP contribution is -2.19. The largest absolute Gasteiger partial charge is 0.397 e. The third-order valence-electron chi connectivity index (χ3n) is 2.40. The highest BCUT2D eigenvalue weighted by molar-refractivity contribution is 5.98. The minimum Gasteiger partial charge on any atom is -0.397 e. The maximum absolute atomic E-state index is 11.3. The van der Waals surface area contributed by atoms with Crippen LogP contribution in [0.4, 0.5) is 17.1 Å². The quantitative estimate of drug-likeness (QED) is 0.602. The molecule has 0 saturated heterocycles. The van der Waals surface area contributed by atoms with Crippen LogP contribution in [0.3, 0.4) is 0 Å². The van der Waals surface area contributed by atoms with Gasteiger partial charge < -0.3 is 16.0 Å². The average Bonchev–Trinajstić information content (AvgIpc) is 2.27. The summed E-state index contributed by atoms with van der Waals surface area (Å²) in [7, 11) is 1.94. The van der Waals surface area contributed by atoms with Gasteiger partial charge in [-0.15, -0.1) is 0 Å². The van der Waals surface area contributed by atoms with Gasteiger partial charge in [0.25, 0.3) is 0 Å². The maximum atomic E-state index is 11.3. The smallest absolute Gasteiger partial charge is 0.226 e. The average molecular weight is 191 g/mol. The lowest BCUT2D eigenvalue weighted by atomic mass is 10.2. The standard InChI is InChI=1S/C10H13N3O/c1-13-6-5-9(14)12-8-4-2-3-7(11)10(8)13/h2-4H,5-6,11H2,1H3,(H,12,14). The van der Waals surface area contributed by atoms with Gasteiger partial charge in [0, 0.05) is 20.0 Å². The molecule has 0 aromatic heterocycles. The highest BCUT2D eigenvalue weighted by Gasteiger charge is 2.17. The first-order valence-electron chi connectivity index (χ1n) is 4.58. The number of fused-ring (bicyclic) bond motifs is 1. The number of anilines is 3. The van der Waals surface area contributed by atoms with E-state index in [0.29, 0.717) is 18.7 Å². The van der Waals surface area contributed by atoms with Crippen molar-refractivity contribution < 1.29 is 4.79 Å². The first-order valence-corrected chi connectivity index (χ1v) is 4.58. The summed E-state index contributed by atoms with van der Waals surface area (Å²) in [6.45, 7) is 0.701. The third kappa shape index (κ3) is 1.39. The number of carbonyl (C=O) groups is 1. The van der Waals surface area contributed by atoms with E-state index in [-0.39, 0.29) is 5.91 Å². The monoisotopic (exact) mass is 191 g/mol. The molecule has 0 bridgehead atoms. The number of carbonyl (C=O) groups excluding carboxylic acids is 1. The molecule has 4 nitrogen and oxygen atoms in total. The summed E-state index contributed by atoms with van der Waals surface area (Å²) >= 11 is 0. The van der Waals surface area contributed by atoms with Crippen LogP contribution in [0.25, 0.3) is 0 Å². The Morgan fingerprint density at radius 2 is 2.29 bits per heavy atom. The number of nitrogens with two attached hydrogens (primary N) is 1. The molecular formula is C10H13N3O. The third-order valence-corrected chi connectivity index (χ3v) is 2.40. The van der Waals surface area contributed by atoms with Crippen LogP contribution in [0.2, 0.25) is 0 Å². The second-order valence-electron chi connectivity index (χ2n) is 3.46. The predicted octanol–water partition coefficient (Wildman–Crippen LogP) is 1.05. The number of nitrogens with one attached hydrogen (secondary N) is 1. The molecule has 74 valence electrons. The Kier molecular flexibility index (Phi) is 2.04. The summed E-state index contributed by atoms with van der Waals surface area (Å²) in [5.41, 5.74) is 8.27. The molecule has 0 saturated carbocycles. The zero-order valence-corrected chi connectivity index (χ0v) is 8.08. The van der Waals surface area contributed by atoms with E-state index in [2.05, 4.69) is 5.32 Å². The van der Waals surface area contributed by atoms with Gasteiger partial charge in [-0.3, -0.25) is 4.79 Å². The number of rotatable bonds is 0. The summed E-state index contributed by atoms with van der Waals surface area (Å²) in [4.78, 5) is 13.3. The lowest BCUT2D eigenvalue weighted by Gasteiger charge is -2.19. The van der Waals surface area contributed by atoms with E-state index in [1.165, 1.54) is 0 Å². The van der Waals surface area contributed by atoms with E-state index < -0.39 is 0 Å². The number of hydrogen-bond acceptors (Lipinski definition) is 3. The molecular weight excluding hydrogens is 178 g/mol. The number of nitrogens with zero attached hydrogens (tertiary/aromatic N) is 1. The minimum absolute atomic E-state index is 0.0428. The van der Waals surface area contributed by atoms with Crippen molar-refractivity contribution in [2.75, 3.05) is 29.5 Å². The normalized spacial score (nSPS) is 15.8. The van der Waals surface area contributed by atoms with Gasteiger partial charge >= 0.3 is 0 Å². The maximum Gasteiger partial charge on any atom is 0.226 e. The molecule has 1 aliphatic heterocycles. The molecule has 0 fully saturated rings. The van der Waals surface area contributed by atoms with Crippen molar-refractivity contribution in [2.45, 2.75) is 6.42 Å². The molecule has 0 unspecified atom stereocenters. The molecule has 3 N–H and O–H groups in total. The molecule has 14 heavy (non-hydrogen) atoms. The number of nitrogen functional groups attached to an aromatic ring is 1. The lowest BCUT2D eigenvalue weighted by molar-refractivity contribution is -0.115. The van der Waals surface area contributed by atoms with Gasteiger partial charge in [0.15, 0.2) is 0 Å². The van der Waals surface area contributed by atoms with Gasteiger partial charge in [-0.2, -0.15) is 0 Å². The van der Waals surface area contributed by atoms with Crippen molar-refractivity contribution in [3.8, 4) is 0 Å². The first-order chi connectivity index (χ1) is 6.68. The molecule has 2 rings (SSSR count). The van der Waals surface area contributed by atoms with Crippen LogP contribution in [0.15, 0.2) is 18.2 Å². The van der Waals surface area contributed by atoms with Crippen molar-refractivity contribution in [3.63, 3.8) is 0 Å². The molecule has 1 aliphatic rings. The first kappa shape index (κ1) is 8.87. The van der Waals surface area contributed by atoms with E-state index in [0.717, 1.165) is 11.4 Å². The van der Waals surface area contributed by atoms with Gasteiger partial charge in [-0.1, -0.05) is 6.07 Å². The van der Waals surface area contributed by atoms with Crippen molar-refractivity contribution in [2.24, 2.45) is 0 Å². The molecule has 1 amide bonds. The molecule has 1 heterocycles. The SMILES string of the molecule is CN1CCC(=O)Nc2cccc(N)c21. The summed E-state index contributed by atoms with van der Waals surface area (Å²) in [6, 6.07) is 5.55. The van der Waals surface area contributed by atoms with Gasteiger partial charge in [0.2, 0.25) is 5.91 Å². The second kappa shape index (κ2) is 3.21.